The van der Waals surface area contributed by atoms with Crippen LogP contribution in [-0.2, 0) is 0 Å². The fourth-order valence-electron chi connectivity index (χ4n) is 0.182. The summed E-state index contributed by atoms with van der Waals surface area (Å²) < 4.78 is 0. The van der Waals surface area contributed by atoms with Gasteiger partial charge >= 0.3 is 6.07 Å². The SMILES string of the molecule is C=CC#[N+]CC=C. The van der Waals surface area contributed by atoms with E-state index >= 15 is 0 Å². The standard InChI is InChI=1S/C6H8N/c1-3-5-7-6-4-2/h3-4H,1-2,5H2/q+1. The van der Waals surface area contributed by atoms with Crippen LogP contribution in [0.15, 0.2) is 25.3 Å². The lowest BCUT2D eigenvalue weighted by Crippen LogP contribution is -1.57. The summed E-state index contributed by atoms with van der Waals surface area (Å²) in [6.07, 6.45) is 3.22. The van der Waals surface area contributed by atoms with E-state index in [1.807, 2.05) is 0 Å². The summed E-state index contributed by atoms with van der Waals surface area (Å²) in [5.41, 5.74) is 0. The van der Waals surface area contributed by atoms with E-state index in [9.17, 15) is 0 Å². The van der Waals surface area contributed by atoms with Gasteiger partial charge in [-0.05, 0) is 6.08 Å². The first-order valence-electron chi connectivity index (χ1n) is 2.05. The summed E-state index contributed by atoms with van der Waals surface area (Å²) in [6.45, 7) is 7.49. The lowest BCUT2D eigenvalue weighted by molar-refractivity contribution is 1.55. The molecule has 0 aromatic rings. The van der Waals surface area contributed by atoms with Crippen molar-refractivity contribution in [3.63, 3.8) is 0 Å². The molecule has 1 heteroatoms. The van der Waals surface area contributed by atoms with Gasteiger partial charge in [-0.2, -0.15) is 0 Å². The molecule has 0 bridgehead atoms. The third-order valence-electron chi connectivity index (χ3n) is 0.403. The van der Waals surface area contributed by atoms with Crippen LogP contribution in [0.5, 0.6) is 0 Å². The van der Waals surface area contributed by atoms with Crippen LogP contribution in [0.25, 0.3) is 4.85 Å². The van der Waals surface area contributed by atoms with Gasteiger partial charge in [0.05, 0.1) is 6.08 Å². The first-order valence-corrected chi connectivity index (χ1v) is 2.05. The van der Waals surface area contributed by atoms with Gasteiger partial charge in [-0.25, -0.2) is 0 Å². The summed E-state index contributed by atoms with van der Waals surface area (Å²) in [4.78, 5) is 3.72. The molecule has 0 heterocycles. The largest absolute Gasteiger partial charge is 0.302 e. The lowest BCUT2D eigenvalue weighted by Gasteiger charge is -1.51. The van der Waals surface area contributed by atoms with E-state index in [0.29, 0.717) is 6.54 Å². The fraction of sp³-hybridized carbons (Fsp3) is 0.167. The molecule has 0 saturated heterocycles. The molecule has 0 aliphatic heterocycles. The Hall–Kier alpha value is -1.03. The van der Waals surface area contributed by atoms with E-state index in [2.05, 4.69) is 24.1 Å². The van der Waals surface area contributed by atoms with Crippen LogP contribution < -0.4 is 0 Å². The molecule has 36 valence electrons. The van der Waals surface area contributed by atoms with Gasteiger partial charge in [0.2, 0.25) is 0 Å². The molecule has 0 unspecified atom stereocenters. The van der Waals surface area contributed by atoms with Crippen molar-refractivity contribution >= 4 is 0 Å². The zero-order chi connectivity index (χ0) is 5.54. The van der Waals surface area contributed by atoms with Crippen LogP contribution in [0.2, 0.25) is 0 Å². The molecule has 0 aliphatic carbocycles. The Bertz CT molecular complexity index is 114. The molecule has 0 rings (SSSR count). The molecule has 0 aromatic heterocycles. The van der Waals surface area contributed by atoms with Gasteiger partial charge in [-0.1, -0.05) is 18.0 Å². The highest BCUT2D eigenvalue weighted by Crippen LogP contribution is 1.67. The molecule has 0 N–H and O–H groups in total. The Labute approximate surface area is 43.8 Å². The van der Waals surface area contributed by atoms with Crippen molar-refractivity contribution in [3.8, 4) is 6.07 Å². The second-order valence-electron chi connectivity index (χ2n) is 0.963. The molecule has 0 atom stereocenters. The maximum atomic E-state index is 3.72. The van der Waals surface area contributed by atoms with Crippen molar-refractivity contribution in [1.82, 2.24) is 0 Å². The smallest absolute Gasteiger partial charge is 0.0956 e. The van der Waals surface area contributed by atoms with Gasteiger partial charge in [-0.15, -0.1) is 0 Å². The highest BCUT2D eigenvalue weighted by Gasteiger charge is 1.73. The third-order valence-corrected chi connectivity index (χ3v) is 0.403. The molecular formula is C6H8N+. The average Bonchev–Trinajstić information content (AvgIpc) is 1.69. The Morgan fingerprint density at radius 3 is 2.71 bits per heavy atom. The summed E-state index contributed by atoms with van der Waals surface area (Å²) in [5, 5.41) is 0. The second-order valence-corrected chi connectivity index (χ2v) is 0.963. The predicted molar refractivity (Wildman–Crippen MR) is 32.5 cm³/mol. The van der Waals surface area contributed by atoms with Gasteiger partial charge in [0, 0.05) is 0 Å². The van der Waals surface area contributed by atoms with Crippen molar-refractivity contribution < 1.29 is 0 Å². The summed E-state index contributed by atoms with van der Waals surface area (Å²) >= 11 is 0. The molecule has 0 amide bonds. The number of rotatable bonds is 1. The zero-order valence-corrected chi connectivity index (χ0v) is 4.22. The van der Waals surface area contributed by atoms with Crippen molar-refractivity contribution in [2.24, 2.45) is 0 Å². The van der Waals surface area contributed by atoms with E-state index < -0.39 is 0 Å². The molecule has 7 heavy (non-hydrogen) atoms. The molecule has 0 aliphatic rings. The Balaban J connectivity index is 3.24. The van der Waals surface area contributed by atoms with E-state index in [0.717, 1.165) is 0 Å². The average molecular weight is 94.1 g/mol. The number of hydrogen-bond acceptors (Lipinski definition) is 0. The van der Waals surface area contributed by atoms with Gasteiger partial charge in [0.25, 0.3) is 6.54 Å². The molecule has 0 fully saturated rings. The van der Waals surface area contributed by atoms with Crippen molar-refractivity contribution in [2.75, 3.05) is 6.54 Å². The van der Waals surface area contributed by atoms with Gasteiger partial charge in [-0.3, -0.25) is 0 Å². The normalized spacial score (nSPS) is 5.71. The van der Waals surface area contributed by atoms with Crippen molar-refractivity contribution in [2.45, 2.75) is 0 Å². The second kappa shape index (κ2) is 4.97. The monoisotopic (exact) mass is 94.1 g/mol. The van der Waals surface area contributed by atoms with E-state index in [4.69, 9.17) is 0 Å². The summed E-state index contributed by atoms with van der Waals surface area (Å²) in [5.74, 6) is 0. The topological polar surface area (TPSA) is 4.36 Å². The van der Waals surface area contributed by atoms with Crippen LogP contribution in [0.1, 0.15) is 0 Å². The quantitative estimate of drug-likeness (QED) is 0.344. The fourth-order valence-corrected chi connectivity index (χ4v) is 0.182. The zero-order valence-electron chi connectivity index (χ0n) is 4.22. The van der Waals surface area contributed by atoms with Gasteiger partial charge in [0.1, 0.15) is 0 Å². The molecule has 1 nitrogen and oxygen atoms in total. The Morgan fingerprint density at radius 1 is 1.57 bits per heavy atom. The Kier molecular flexibility index (Phi) is 4.24. The highest BCUT2D eigenvalue weighted by molar-refractivity contribution is 5.05. The van der Waals surface area contributed by atoms with Crippen LogP contribution >= 0.6 is 0 Å². The van der Waals surface area contributed by atoms with Crippen LogP contribution in [0.4, 0.5) is 0 Å². The Morgan fingerprint density at radius 2 is 2.29 bits per heavy atom. The third kappa shape index (κ3) is 4.97. The number of hydrogen-bond donors (Lipinski definition) is 0. The van der Waals surface area contributed by atoms with Crippen LogP contribution in [0.3, 0.4) is 0 Å². The van der Waals surface area contributed by atoms with Crippen molar-refractivity contribution in [3.05, 3.63) is 30.2 Å². The summed E-state index contributed by atoms with van der Waals surface area (Å²) in [7, 11) is 0. The minimum Gasteiger partial charge on any atom is -0.0956 e. The predicted octanol–water partition coefficient (Wildman–Crippen LogP) is 1.69. The maximum Gasteiger partial charge on any atom is 0.302 e. The molecule has 0 spiro atoms. The highest BCUT2D eigenvalue weighted by atomic mass is 14.6. The summed E-state index contributed by atoms with van der Waals surface area (Å²) in [6, 6.07) is 2.57. The molecule has 0 radical (unpaired) electrons. The van der Waals surface area contributed by atoms with E-state index in [1.54, 1.807) is 6.08 Å². The lowest BCUT2D eigenvalue weighted by atomic mass is 10.6. The van der Waals surface area contributed by atoms with Gasteiger partial charge in [0.15, 0.2) is 0 Å². The van der Waals surface area contributed by atoms with Gasteiger partial charge < -0.3 is 0 Å². The molecule has 0 saturated carbocycles. The first kappa shape index (κ1) is 5.97. The van der Waals surface area contributed by atoms with Crippen LogP contribution in [-0.4, -0.2) is 6.54 Å². The van der Waals surface area contributed by atoms with Crippen LogP contribution in [0, 0.1) is 6.07 Å². The van der Waals surface area contributed by atoms with Crippen molar-refractivity contribution in [1.29, 1.82) is 0 Å². The first-order chi connectivity index (χ1) is 3.41. The van der Waals surface area contributed by atoms with E-state index in [-0.39, 0.29) is 0 Å². The minimum atomic E-state index is 0.631. The number of allylic oxidation sites excluding steroid dienone is 1. The number of nitrogens with zero attached hydrogens (tertiary/aromatic N) is 1. The van der Waals surface area contributed by atoms with E-state index in [1.165, 1.54) is 6.08 Å². The minimum absolute atomic E-state index is 0.631. The molecular weight excluding hydrogens is 86.1 g/mol. The maximum absolute atomic E-state index is 3.72. The molecule has 0 aromatic carbocycles.